The third-order valence-electron chi connectivity index (χ3n) is 4.91. The summed E-state index contributed by atoms with van der Waals surface area (Å²) in [5, 5.41) is -0.0777. The summed E-state index contributed by atoms with van der Waals surface area (Å²) in [4.78, 5) is 15.7. The van der Waals surface area contributed by atoms with Crippen molar-refractivity contribution in [3.05, 3.63) is 23.0 Å². The molecule has 0 amide bonds. The third kappa shape index (κ3) is 4.10. The lowest BCUT2D eigenvalue weighted by Crippen LogP contribution is -2.22. The molecule has 0 aromatic carbocycles. The molecule has 2 aromatic rings. The first kappa shape index (κ1) is 20.9. The van der Waals surface area contributed by atoms with E-state index in [-0.39, 0.29) is 40.7 Å². The number of alkyl halides is 3. The minimum Gasteiger partial charge on any atom is -0.480 e. The van der Waals surface area contributed by atoms with E-state index in [1.54, 1.807) is 0 Å². The number of carbonyl (C=O) groups is 1. The van der Waals surface area contributed by atoms with Crippen molar-refractivity contribution in [2.24, 2.45) is 0 Å². The lowest BCUT2D eigenvalue weighted by Gasteiger charge is -2.17. The fourth-order valence-corrected chi connectivity index (χ4v) is 4.14. The Morgan fingerprint density at radius 3 is 2.50 bits per heavy atom. The van der Waals surface area contributed by atoms with Gasteiger partial charge in [0.1, 0.15) is 12.3 Å². The van der Waals surface area contributed by atoms with Crippen LogP contribution >= 0.6 is 0 Å². The summed E-state index contributed by atoms with van der Waals surface area (Å²) in [6, 6.07) is 0.905. The van der Waals surface area contributed by atoms with Crippen LogP contribution in [0.1, 0.15) is 40.4 Å². The Kier molecular flexibility index (Phi) is 5.59. The van der Waals surface area contributed by atoms with Gasteiger partial charge in [-0.25, -0.2) is 4.98 Å². The predicted molar refractivity (Wildman–Crippen MR) is 103 cm³/mol. The van der Waals surface area contributed by atoms with Gasteiger partial charge in [-0.05, 0) is 24.8 Å². The Hall–Kier alpha value is -1.87. The molecule has 154 valence electrons. The Bertz CT molecular complexity index is 883. The average Bonchev–Trinajstić information content (AvgIpc) is 3.37. The highest BCUT2D eigenvalue weighted by atomic mass is 28.3. The number of aromatic nitrogens is 2. The number of ether oxygens (including phenoxy) is 2. The zero-order chi connectivity index (χ0) is 20.7. The number of methoxy groups -OCH3 is 1. The van der Waals surface area contributed by atoms with Crippen molar-refractivity contribution in [1.29, 1.82) is 0 Å². The van der Waals surface area contributed by atoms with Gasteiger partial charge in [0.2, 0.25) is 5.88 Å². The second kappa shape index (κ2) is 7.51. The molecule has 3 rings (SSSR count). The minimum atomic E-state index is -4.55. The molecule has 0 spiro atoms. The number of nitrogens with zero attached hydrogens (tertiary/aromatic N) is 2. The van der Waals surface area contributed by atoms with Crippen molar-refractivity contribution in [3.8, 4) is 5.88 Å². The van der Waals surface area contributed by atoms with Crippen LogP contribution in [0.15, 0.2) is 6.20 Å². The standard InChI is InChI=1S/C19H25F3N2O3Si/c1-26-18-14(10-25)17-13(9-23-18)15(19(20,21)22)16(12-5-6-12)24(17)11-27-7-8-28(2,3)4/h9-10,12H,5-8,11H2,1-4H3. The minimum absolute atomic E-state index is 0.0134. The third-order valence-corrected chi connectivity index (χ3v) is 6.62. The van der Waals surface area contributed by atoms with Gasteiger partial charge in [-0.2, -0.15) is 13.2 Å². The molecule has 9 heteroatoms. The van der Waals surface area contributed by atoms with Gasteiger partial charge in [-0.1, -0.05) is 19.6 Å². The lowest BCUT2D eigenvalue weighted by molar-refractivity contribution is -0.137. The van der Waals surface area contributed by atoms with Crippen LogP contribution in [0, 0.1) is 0 Å². The van der Waals surface area contributed by atoms with E-state index in [0.29, 0.717) is 25.7 Å². The molecule has 0 atom stereocenters. The maximum Gasteiger partial charge on any atom is 0.418 e. The molecule has 5 nitrogen and oxygen atoms in total. The Balaban J connectivity index is 2.15. The van der Waals surface area contributed by atoms with E-state index in [1.165, 1.54) is 11.7 Å². The maximum absolute atomic E-state index is 13.9. The number of rotatable bonds is 8. The first-order valence-electron chi connectivity index (χ1n) is 9.27. The van der Waals surface area contributed by atoms with Gasteiger partial charge in [-0.3, -0.25) is 4.79 Å². The maximum atomic E-state index is 13.9. The van der Waals surface area contributed by atoms with Crippen LogP contribution in [-0.2, 0) is 17.6 Å². The van der Waals surface area contributed by atoms with Crippen LogP contribution in [0.25, 0.3) is 10.9 Å². The van der Waals surface area contributed by atoms with Crippen LogP contribution in [0.2, 0.25) is 25.7 Å². The number of hydrogen-bond acceptors (Lipinski definition) is 4. The van der Waals surface area contributed by atoms with Crippen LogP contribution in [0.4, 0.5) is 13.2 Å². The molecule has 0 aliphatic heterocycles. The van der Waals surface area contributed by atoms with E-state index in [1.807, 2.05) is 0 Å². The van der Waals surface area contributed by atoms with Crippen LogP contribution in [0.3, 0.4) is 0 Å². The van der Waals surface area contributed by atoms with E-state index in [2.05, 4.69) is 24.6 Å². The molecule has 28 heavy (non-hydrogen) atoms. The molecular formula is C19H25F3N2O3Si. The van der Waals surface area contributed by atoms with Crippen LogP contribution in [-0.4, -0.2) is 37.6 Å². The highest BCUT2D eigenvalue weighted by Gasteiger charge is 2.44. The van der Waals surface area contributed by atoms with Gasteiger partial charge in [0.15, 0.2) is 6.29 Å². The zero-order valence-corrected chi connectivity index (χ0v) is 17.5. The normalized spacial score (nSPS) is 15.2. The SMILES string of the molecule is COc1ncc2c(C(F)(F)F)c(C3CC3)n(COCC[Si](C)(C)C)c2c1C=O. The molecule has 0 saturated heterocycles. The first-order chi connectivity index (χ1) is 13.1. The molecule has 2 aromatic heterocycles. The predicted octanol–water partition coefficient (Wildman–Crippen LogP) is 5.07. The summed E-state index contributed by atoms with van der Waals surface area (Å²) >= 11 is 0. The summed E-state index contributed by atoms with van der Waals surface area (Å²) in [6.45, 7) is 7.07. The number of pyridine rings is 1. The second-order valence-corrected chi connectivity index (χ2v) is 14.0. The molecular weight excluding hydrogens is 389 g/mol. The van der Waals surface area contributed by atoms with Gasteiger partial charge in [0.05, 0.1) is 18.2 Å². The quantitative estimate of drug-likeness (QED) is 0.344. The van der Waals surface area contributed by atoms with E-state index in [4.69, 9.17) is 9.47 Å². The van der Waals surface area contributed by atoms with Crippen molar-refractivity contribution in [1.82, 2.24) is 9.55 Å². The first-order valence-corrected chi connectivity index (χ1v) is 13.0. The molecule has 0 unspecified atom stereocenters. The fourth-order valence-electron chi connectivity index (χ4n) is 3.38. The van der Waals surface area contributed by atoms with Crippen molar-refractivity contribution in [3.63, 3.8) is 0 Å². The zero-order valence-electron chi connectivity index (χ0n) is 16.5. The number of fused-ring (bicyclic) bond motifs is 1. The van der Waals surface area contributed by atoms with E-state index < -0.39 is 19.8 Å². The number of hydrogen-bond donors (Lipinski definition) is 0. The molecule has 0 N–H and O–H groups in total. The molecule has 1 aliphatic carbocycles. The molecule has 1 fully saturated rings. The van der Waals surface area contributed by atoms with Gasteiger partial charge in [0.25, 0.3) is 0 Å². The largest absolute Gasteiger partial charge is 0.480 e. The number of aldehydes is 1. The second-order valence-electron chi connectivity index (χ2n) is 8.37. The smallest absolute Gasteiger partial charge is 0.418 e. The summed E-state index contributed by atoms with van der Waals surface area (Å²) in [7, 11) is 0.00887. The molecule has 0 radical (unpaired) electrons. The van der Waals surface area contributed by atoms with Crippen molar-refractivity contribution in [2.75, 3.05) is 13.7 Å². The average molecular weight is 415 g/mol. The van der Waals surface area contributed by atoms with Gasteiger partial charge in [0, 0.05) is 32.0 Å². The summed E-state index contributed by atoms with van der Waals surface area (Å²) in [5.41, 5.74) is -0.319. The van der Waals surface area contributed by atoms with Gasteiger partial charge in [-0.15, -0.1) is 0 Å². The molecule has 1 aliphatic rings. The number of halogens is 3. The fraction of sp³-hybridized carbons (Fsp3) is 0.579. The lowest BCUT2D eigenvalue weighted by atomic mass is 10.1. The molecule has 2 heterocycles. The topological polar surface area (TPSA) is 53.4 Å². The summed E-state index contributed by atoms with van der Waals surface area (Å²) in [6.07, 6.45) is -1.52. The van der Waals surface area contributed by atoms with Crippen molar-refractivity contribution in [2.45, 2.75) is 57.4 Å². The molecule has 0 bridgehead atoms. The van der Waals surface area contributed by atoms with E-state index in [9.17, 15) is 18.0 Å². The summed E-state index contributed by atoms with van der Waals surface area (Å²) in [5.74, 6) is -0.172. The van der Waals surface area contributed by atoms with Crippen molar-refractivity contribution >= 4 is 25.3 Å². The van der Waals surface area contributed by atoms with Gasteiger partial charge >= 0.3 is 6.18 Å². The Morgan fingerprint density at radius 2 is 2.00 bits per heavy atom. The van der Waals surface area contributed by atoms with Crippen molar-refractivity contribution < 1.29 is 27.4 Å². The summed E-state index contributed by atoms with van der Waals surface area (Å²) < 4.78 is 54.2. The highest BCUT2D eigenvalue weighted by Crippen LogP contribution is 2.50. The van der Waals surface area contributed by atoms with Crippen LogP contribution < -0.4 is 4.74 Å². The Morgan fingerprint density at radius 1 is 1.32 bits per heavy atom. The van der Waals surface area contributed by atoms with E-state index >= 15 is 0 Å². The number of carbonyl (C=O) groups excluding carboxylic acids is 1. The monoisotopic (exact) mass is 414 g/mol. The molecule has 1 saturated carbocycles. The van der Waals surface area contributed by atoms with E-state index in [0.717, 1.165) is 12.2 Å². The Labute approximate surface area is 162 Å². The van der Waals surface area contributed by atoms with Gasteiger partial charge < -0.3 is 14.0 Å². The van der Waals surface area contributed by atoms with Crippen LogP contribution in [0.5, 0.6) is 5.88 Å². The highest BCUT2D eigenvalue weighted by molar-refractivity contribution is 6.76.